The number of alkyl halides is 4. The molecule has 3 aromatic rings. The highest BCUT2D eigenvalue weighted by atomic mass is 19.4. The molecule has 2 aliphatic rings. The minimum absolute atomic E-state index is 0.0233. The number of nitrogens with zero attached hydrogens (tertiary/aromatic N) is 4. The second-order valence-corrected chi connectivity index (χ2v) is 9.41. The van der Waals surface area contributed by atoms with Gasteiger partial charge >= 0.3 is 12.5 Å². The van der Waals surface area contributed by atoms with E-state index in [0.29, 0.717) is 18.5 Å². The first-order chi connectivity index (χ1) is 17.5. The molecular formula is C22H25F4N7O4. The van der Waals surface area contributed by atoms with Crippen molar-refractivity contribution in [2.24, 2.45) is 0 Å². The summed E-state index contributed by atoms with van der Waals surface area (Å²) in [7, 11) is 1.39. The largest absolute Gasteiger partial charge is 0.522 e. The van der Waals surface area contributed by atoms with Gasteiger partial charge in [-0.2, -0.15) is 10.1 Å². The summed E-state index contributed by atoms with van der Waals surface area (Å²) in [5.41, 5.74) is 0.532. The fourth-order valence-electron chi connectivity index (χ4n) is 4.24. The Morgan fingerprint density at radius 2 is 2.05 bits per heavy atom. The molecule has 2 aliphatic carbocycles. The Morgan fingerprint density at radius 1 is 1.27 bits per heavy atom. The summed E-state index contributed by atoms with van der Waals surface area (Å²) in [6.45, 7) is 1.13. The van der Waals surface area contributed by atoms with Gasteiger partial charge in [0.25, 0.3) is 0 Å². The highest BCUT2D eigenvalue weighted by Crippen LogP contribution is 2.39. The van der Waals surface area contributed by atoms with Gasteiger partial charge in [0.1, 0.15) is 17.9 Å². The van der Waals surface area contributed by atoms with Gasteiger partial charge in [0.2, 0.25) is 11.8 Å². The second-order valence-electron chi connectivity index (χ2n) is 9.41. The van der Waals surface area contributed by atoms with E-state index in [4.69, 9.17) is 9.47 Å². The lowest BCUT2D eigenvalue weighted by molar-refractivity contribution is -0.330. The lowest BCUT2D eigenvalue weighted by Gasteiger charge is -2.19. The number of hydrogen-bond donors (Lipinski definition) is 3. The SMILES string of the molecule is COc1cc2nc(COC(F)(F)F)cn2c(Nc2cc([C@@H]3CC[C@H](OC(=O)NC4(C)CC4)[C@@H]3F)[nH]n2)n1. The zero-order chi connectivity index (χ0) is 26.4. The van der Waals surface area contributed by atoms with Gasteiger partial charge in [0, 0.05) is 35.5 Å². The van der Waals surface area contributed by atoms with Crippen LogP contribution < -0.4 is 15.4 Å². The van der Waals surface area contributed by atoms with Gasteiger partial charge in [0.05, 0.1) is 19.4 Å². The third-order valence-electron chi connectivity index (χ3n) is 6.47. The molecule has 0 unspecified atom stereocenters. The number of imidazole rings is 1. The number of fused-ring (bicyclic) bond motifs is 1. The Labute approximate surface area is 207 Å². The third-order valence-corrected chi connectivity index (χ3v) is 6.47. The van der Waals surface area contributed by atoms with Gasteiger partial charge in [-0.1, -0.05) is 0 Å². The van der Waals surface area contributed by atoms with Gasteiger partial charge in [-0.15, -0.1) is 13.2 Å². The predicted molar refractivity (Wildman–Crippen MR) is 120 cm³/mol. The minimum atomic E-state index is -4.80. The molecule has 0 bridgehead atoms. The van der Waals surface area contributed by atoms with Crippen LogP contribution in [0.25, 0.3) is 5.65 Å². The first kappa shape index (κ1) is 25.0. The van der Waals surface area contributed by atoms with Crippen LogP contribution in [0.1, 0.15) is 49.9 Å². The van der Waals surface area contributed by atoms with Crippen LogP contribution in [0, 0.1) is 0 Å². The molecule has 11 nitrogen and oxygen atoms in total. The summed E-state index contributed by atoms with van der Waals surface area (Å²) in [6.07, 6.45) is -3.80. The molecule has 0 aliphatic heterocycles. The molecule has 3 heterocycles. The molecule has 37 heavy (non-hydrogen) atoms. The van der Waals surface area contributed by atoms with Gasteiger partial charge in [-0.25, -0.2) is 14.2 Å². The van der Waals surface area contributed by atoms with Crippen molar-refractivity contribution in [2.45, 2.75) is 69.3 Å². The quantitative estimate of drug-likeness (QED) is 0.374. The fourth-order valence-corrected chi connectivity index (χ4v) is 4.24. The van der Waals surface area contributed by atoms with Crippen molar-refractivity contribution in [3.05, 3.63) is 29.7 Å². The van der Waals surface area contributed by atoms with Crippen molar-refractivity contribution in [3.8, 4) is 5.88 Å². The maximum atomic E-state index is 15.1. The number of carbonyl (C=O) groups excluding carboxylic acids is 1. The van der Waals surface area contributed by atoms with Gasteiger partial charge in [-0.05, 0) is 32.6 Å². The maximum Gasteiger partial charge on any atom is 0.522 e. The van der Waals surface area contributed by atoms with Crippen molar-refractivity contribution in [1.29, 1.82) is 0 Å². The molecule has 0 aromatic carbocycles. The van der Waals surface area contributed by atoms with E-state index in [1.807, 2.05) is 6.92 Å². The maximum absolute atomic E-state index is 15.1. The number of ether oxygens (including phenoxy) is 3. The monoisotopic (exact) mass is 527 g/mol. The molecule has 0 spiro atoms. The summed E-state index contributed by atoms with van der Waals surface area (Å²) in [5.74, 6) is 0.0512. The number of nitrogens with one attached hydrogen (secondary N) is 3. The number of H-pyrrole nitrogens is 1. The summed E-state index contributed by atoms with van der Waals surface area (Å²) in [6, 6.07) is 3.05. The first-order valence-electron chi connectivity index (χ1n) is 11.6. The third kappa shape index (κ3) is 5.70. The molecule has 15 heteroatoms. The summed E-state index contributed by atoms with van der Waals surface area (Å²) < 4.78 is 68.2. The molecule has 1 amide bonds. The lowest BCUT2D eigenvalue weighted by atomic mass is 10.0. The van der Waals surface area contributed by atoms with Crippen LogP contribution >= 0.6 is 0 Å². The summed E-state index contributed by atoms with van der Waals surface area (Å²) >= 11 is 0. The molecule has 2 saturated carbocycles. The molecular weight excluding hydrogens is 502 g/mol. The van der Waals surface area contributed by atoms with Crippen LogP contribution in [0.4, 0.5) is 34.1 Å². The van der Waals surface area contributed by atoms with Crippen LogP contribution in [0.15, 0.2) is 18.3 Å². The standard InChI is InChI=1S/C22H25F4N7O4/c1-21(5-6-21)30-20(34)37-14-4-3-12(18(14)23)13-7-15(32-31-13)28-19-29-17(35-2)8-16-27-11(9-33(16)19)10-36-22(24,25)26/h7-9,12,14,18H,3-6,10H2,1-2H3,(H,30,34)(H2,28,29,31,32)/t12-,14-,18+/m0/s1. The molecule has 2 fully saturated rings. The Morgan fingerprint density at radius 3 is 2.76 bits per heavy atom. The number of hydrogen-bond acceptors (Lipinski definition) is 8. The zero-order valence-corrected chi connectivity index (χ0v) is 19.9. The van der Waals surface area contributed by atoms with Crippen LogP contribution in [0.3, 0.4) is 0 Å². The van der Waals surface area contributed by atoms with Crippen molar-refractivity contribution < 1.29 is 36.6 Å². The topological polar surface area (TPSA) is 128 Å². The predicted octanol–water partition coefficient (Wildman–Crippen LogP) is 4.10. The van der Waals surface area contributed by atoms with E-state index >= 15 is 4.39 Å². The highest BCUT2D eigenvalue weighted by Gasteiger charge is 2.43. The molecule has 3 N–H and O–H groups in total. The van der Waals surface area contributed by atoms with E-state index in [1.54, 1.807) is 6.07 Å². The Kier molecular flexibility index (Phi) is 6.33. The molecule has 0 radical (unpaired) electrons. The highest BCUT2D eigenvalue weighted by molar-refractivity contribution is 5.69. The number of alkyl carbamates (subject to hydrolysis) is 1. The zero-order valence-electron chi connectivity index (χ0n) is 19.9. The number of halogens is 4. The normalized spacial score (nSPS) is 22.7. The lowest BCUT2D eigenvalue weighted by Crippen LogP contribution is -2.38. The second kappa shape index (κ2) is 9.36. The number of methoxy groups -OCH3 is 1. The number of rotatable bonds is 8. The first-order valence-corrected chi connectivity index (χ1v) is 11.6. The van der Waals surface area contributed by atoms with Gasteiger partial charge < -0.3 is 20.1 Å². The average Bonchev–Trinajstić information content (AvgIpc) is 3.19. The molecule has 5 rings (SSSR count). The molecule has 200 valence electrons. The molecule has 0 saturated heterocycles. The van der Waals surface area contributed by atoms with Gasteiger partial charge in [0.15, 0.2) is 5.82 Å². The number of aromatic nitrogens is 5. The Bertz CT molecular complexity index is 1290. The molecule has 3 aromatic heterocycles. The molecule has 3 atom stereocenters. The summed E-state index contributed by atoms with van der Waals surface area (Å²) in [5, 5.41) is 12.7. The minimum Gasteiger partial charge on any atom is -0.481 e. The smallest absolute Gasteiger partial charge is 0.481 e. The fraction of sp³-hybridized carbons (Fsp3) is 0.545. The van der Waals surface area contributed by atoms with Crippen molar-refractivity contribution in [1.82, 2.24) is 29.9 Å². The summed E-state index contributed by atoms with van der Waals surface area (Å²) in [4.78, 5) is 20.5. The van der Waals surface area contributed by atoms with E-state index in [2.05, 4.69) is 35.5 Å². The Hall–Kier alpha value is -3.62. The average molecular weight is 527 g/mol. The van der Waals surface area contributed by atoms with Gasteiger partial charge in [-0.3, -0.25) is 14.2 Å². The van der Waals surface area contributed by atoms with E-state index in [-0.39, 0.29) is 34.5 Å². The van der Waals surface area contributed by atoms with Crippen LogP contribution in [0.2, 0.25) is 0 Å². The van der Waals surface area contributed by atoms with Crippen molar-refractivity contribution >= 4 is 23.5 Å². The number of carbonyl (C=O) groups is 1. The number of aromatic amines is 1. The Balaban J connectivity index is 1.28. The van der Waals surface area contributed by atoms with Crippen LogP contribution in [-0.2, 0) is 16.1 Å². The van der Waals surface area contributed by atoms with Crippen LogP contribution in [0.5, 0.6) is 5.88 Å². The number of anilines is 2. The van der Waals surface area contributed by atoms with E-state index < -0.39 is 37.3 Å². The van der Waals surface area contributed by atoms with Crippen molar-refractivity contribution in [2.75, 3.05) is 12.4 Å². The van der Waals surface area contributed by atoms with E-state index in [0.717, 1.165) is 12.8 Å². The van der Waals surface area contributed by atoms with Crippen molar-refractivity contribution in [3.63, 3.8) is 0 Å². The van der Waals surface area contributed by atoms with E-state index in [9.17, 15) is 18.0 Å². The number of amides is 1. The van der Waals surface area contributed by atoms with E-state index in [1.165, 1.54) is 23.8 Å². The van der Waals surface area contributed by atoms with Crippen LogP contribution in [-0.4, -0.2) is 61.9 Å².